The van der Waals surface area contributed by atoms with Gasteiger partial charge in [0, 0.05) is 25.0 Å². The number of halogens is 3. The number of pyridine rings is 1. The molecule has 6 nitrogen and oxygen atoms in total. The van der Waals surface area contributed by atoms with Crippen LogP contribution < -0.4 is 9.64 Å². The Hall–Kier alpha value is -2.58. The second-order valence-corrected chi connectivity index (χ2v) is 5.38. The third-order valence-corrected chi connectivity index (χ3v) is 3.89. The van der Waals surface area contributed by atoms with Crippen LogP contribution in [0.2, 0.25) is 0 Å². The maximum atomic E-state index is 13.3. The van der Waals surface area contributed by atoms with Gasteiger partial charge >= 0.3 is 6.18 Å². The molecule has 0 fully saturated rings. The summed E-state index contributed by atoms with van der Waals surface area (Å²) < 4.78 is 45.6. The van der Waals surface area contributed by atoms with Gasteiger partial charge in [0.25, 0.3) is 0 Å². The van der Waals surface area contributed by atoms with Crippen molar-refractivity contribution in [3.63, 3.8) is 0 Å². The SMILES string of the molecule is COc1ccc2c(n1)N(C(=O)CC(n1cccn1)C(F)(F)F)CC2. The zero-order chi connectivity index (χ0) is 17.3. The van der Waals surface area contributed by atoms with Crippen molar-refractivity contribution in [1.29, 1.82) is 0 Å². The number of fused-ring (bicyclic) bond motifs is 1. The number of nitrogens with zero attached hydrogens (tertiary/aromatic N) is 4. The molecule has 1 unspecified atom stereocenters. The predicted octanol–water partition coefficient (Wildman–Crippen LogP) is 2.37. The van der Waals surface area contributed by atoms with Crippen LogP contribution in [-0.4, -0.2) is 40.5 Å². The Balaban J connectivity index is 1.83. The topological polar surface area (TPSA) is 60.2 Å². The number of anilines is 1. The monoisotopic (exact) mass is 340 g/mol. The Labute approximate surface area is 135 Å². The molecular weight excluding hydrogens is 325 g/mol. The third kappa shape index (κ3) is 3.06. The van der Waals surface area contributed by atoms with Gasteiger partial charge in [0.2, 0.25) is 11.8 Å². The number of ether oxygens (including phenoxy) is 1. The third-order valence-electron chi connectivity index (χ3n) is 3.89. The summed E-state index contributed by atoms with van der Waals surface area (Å²) in [6.45, 7) is 0.304. The molecule has 1 aliphatic rings. The van der Waals surface area contributed by atoms with Crippen LogP contribution in [0.25, 0.3) is 0 Å². The molecule has 0 saturated heterocycles. The van der Waals surface area contributed by atoms with Gasteiger partial charge in [0.1, 0.15) is 5.82 Å². The second-order valence-electron chi connectivity index (χ2n) is 5.38. The number of carbonyl (C=O) groups excluding carboxylic acids is 1. The molecule has 3 heterocycles. The molecule has 128 valence electrons. The van der Waals surface area contributed by atoms with Crippen molar-refractivity contribution < 1.29 is 22.7 Å². The molecule has 24 heavy (non-hydrogen) atoms. The second kappa shape index (κ2) is 6.14. The van der Waals surface area contributed by atoms with Gasteiger partial charge in [0.15, 0.2) is 6.04 Å². The van der Waals surface area contributed by atoms with Gasteiger partial charge in [-0.15, -0.1) is 0 Å². The van der Waals surface area contributed by atoms with Crippen LogP contribution in [0.15, 0.2) is 30.6 Å². The average Bonchev–Trinajstić information content (AvgIpc) is 3.19. The van der Waals surface area contributed by atoms with Crippen molar-refractivity contribution in [2.75, 3.05) is 18.6 Å². The van der Waals surface area contributed by atoms with Crippen molar-refractivity contribution >= 4 is 11.7 Å². The largest absolute Gasteiger partial charge is 0.481 e. The molecule has 1 aliphatic heterocycles. The molecular formula is C15H15F3N4O2. The highest BCUT2D eigenvalue weighted by Gasteiger charge is 2.44. The first kappa shape index (κ1) is 16.3. The lowest BCUT2D eigenvalue weighted by atomic mass is 10.2. The zero-order valence-corrected chi connectivity index (χ0v) is 12.8. The number of amides is 1. The van der Waals surface area contributed by atoms with Gasteiger partial charge in [-0.2, -0.15) is 23.3 Å². The number of hydrogen-bond acceptors (Lipinski definition) is 4. The van der Waals surface area contributed by atoms with Crippen molar-refractivity contribution in [2.24, 2.45) is 0 Å². The number of hydrogen-bond donors (Lipinski definition) is 0. The van der Waals surface area contributed by atoms with E-state index in [1.54, 1.807) is 12.1 Å². The number of aromatic nitrogens is 3. The van der Waals surface area contributed by atoms with Gasteiger partial charge in [0.05, 0.1) is 13.5 Å². The van der Waals surface area contributed by atoms with E-state index in [9.17, 15) is 18.0 Å². The molecule has 9 heteroatoms. The Morgan fingerprint density at radius 3 is 2.83 bits per heavy atom. The molecule has 0 radical (unpaired) electrons. The molecule has 2 aromatic heterocycles. The van der Waals surface area contributed by atoms with Crippen LogP contribution in [0.1, 0.15) is 18.0 Å². The first-order valence-corrected chi connectivity index (χ1v) is 7.30. The van der Waals surface area contributed by atoms with E-state index in [4.69, 9.17) is 4.74 Å². The molecule has 2 aromatic rings. The summed E-state index contributed by atoms with van der Waals surface area (Å²) >= 11 is 0. The smallest absolute Gasteiger partial charge is 0.411 e. The summed E-state index contributed by atoms with van der Waals surface area (Å²) in [7, 11) is 1.44. The van der Waals surface area contributed by atoms with Crippen LogP contribution in [0.4, 0.5) is 19.0 Å². The van der Waals surface area contributed by atoms with E-state index >= 15 is 0 Å². The van der Waals surface area contributed by atoms with Crippen LogP contribution in [-0.2, 0) is 11.2 Å². The van der Waals surface area contributed by atoms with E-state index in [2.05, 4.69) is 10.1 Å². The first-order chi connectivity index (χ1) is 11.4. The predicted molar refractivity (Wildman–Crippen MR) is 78.8 cm³/mol. The molecule has 1 amide bonds. The molecule has 0 saturated carbocycles. The Morgan fingerprint density at radius 1 is 1.42 bits per heavy atom. The van der Waals surface area contributed by atoms with E-state index in [1.807, 2.05) is 0 Å². The fourth-order valence-electron chi connectivity index (χ4n) is 2.68. The molecule has 0 spiro atoms. The molecule has 0 bridgehead atoms. The summed E-state index contributed by atoms with van der Waals surface area (Å²) in [5.41, 5.74) is 0.812. The summed E-state index contributed by atoms with van der Waals surface area (Å²) in [5.74, 6) is 0.0287. The van der Waals surface area contributed by atoms with Crippen molar-refractivity contribution in [1.82, 2.24) is 14.8 Å². The normalized spacial score (nSPS) is 15.2. The molecule has 0 aliphatic carbocycles. The molecule has 0 N–H and O–H groups in total. The standard InChI is InChI=1S/C15H15F3N4O2/c1-24-12-4-3-10-5-8-21(14(10)20-12)13(23)9-11(15(16,17)18)22-7-2-6-19-22/h2-4,6-7,11H,5,8-9H2,1H3. The zero-order valence-electron chi connectivity index (χ0n) is 12.8. The molecule has 0 aromatic carbocycles. The van der Waals surface area contributed by atoms with Crippen LogP contribution in [0.5, 0.6) is 5.88 Å². The van der Waals surface area contributed by atoms with Gasteiger partial charge < -0.3 is 4.74 Å². The minimum atomic E-state index is -4.58. The maximum absolute atomic E-state index is 13.3. The Bertz CT molecular complexity index is 731. The highest BCUT2D eigenvalue weighted by atomic mass is 19.4. The first-order valence-electron chi connectivity index (χ1n) is 7.30. The number of rotatable bonds is 4. The van der Waals surface area contributed by atoms with Gasteiger partial charge in [-0.05, 0) is 24.1 Å². The van der Waals surface area contributed by atoms with E-state index in [-0.39, 0.29) is 0 Å². The molecule has 3 rings (SSSR count). The summed E-state index contributed by atoms with van der Waals surface area (Å²) in [4.78, 5) is 17.9. The maximum Gasteiger partial charge on any atom is 0.411 e. The van der Waals surface area contributed by atoms with Crippen LogP contribution in [0, 0.1) is 0 Å². The number of methoxy groups -OCH3 is 1. The lowest BCUT2D eigenvalue weighted by molar-refractivity contribution is -0.174. The van der Waals surface area contributed by atoms with E-state index in [0.29, 0.717) is 24.7 Å². The Morgan fingerprint density at radius 2 is 2.21 bits per heavy atom. The lowest BCUT2D eigenvalue weighted by Crippen LogP contribution is -2.36. The summed E-state index contributed by atoms with van der Waals surface area (Å²) in [6.07, 6.45) is -2.31. The van der Waals surface area contributed by atoms with Crippen molar-refractivity contribution in [3.05, 3.63) is 36.2 Å². The summed E-state index contributed by atoms with van der Waals surface area (Å²) in [5, 5.41) is 3.62. The highest BCUT2D eigenvalue weighted by molar-refractivity contribution is 5.94. The Kier molecular flexibility index (Phi) is 4.16. The van der Waals surface area contributed by atoms with Crippen LogP contribution in [0.3, 0.4) is 0 Å². The fraction of sp³-hybridized carbons (Fsp3) is 0.400. The highest BCUT2D eigenvalue weighted by Crippen LogP contribution is 2.35. The van der Waals surface area contributed by atoms with Crippen molar-refractivity contribution in [2.45, 2.75) is 25.1 Å². The lowest BCUT2D eigenvalue weighted by Gasteiger charge is -2.23. The quantitative estimate of drug-likeness (QED) is 0.857. The van der Waals surface area contributed by atoms with Crippen LogP contribution >= 0.6 is 0 Å². The van der Waals surface area contributed by atoms with Gasteiger partial charge in [-0.3, -0.25) is 14.4 Å². The number of alkyl halides is 3. The summed E-state index contributed by atoms with van der Waals surface area (Å²) in [6, 6.07) is 2.81. The van der Waals surface area contributed by atoms with E-state index in [0.717, 1.165) is 10.2 Å². The van der Waals surface area contributed by atoms with Gasteiger partial charge in [-0.1, -0.05) is 0 Å². The fourth-order valence-corrected chi connectivity index (χ4v) is 2.68. The minimum absolute atomic E-state index is 0.304. The van der Waals surface area contributed by atoms with E-state index in [1.165, 1.54) is 30.5 Å². The average molecular weight is 340 g/mol. The van der Waals surface area contributed by atoms with E-state index < -0.39 is 24.5 Å². The van der Waals surface area contributed by atoms with Crippen molar-refractivity contribution in [3.8, 4) is 5.88 Å². The number of carbonyl (C=O) groups is 1. The minimum Gasteiger partial charge on any atom is -0.481 e. The molecule has 1 atom stereocenters. The van der Waals surface area contributed by atoms with Gasteiger partial charge in [-0.25, -0.2) is 0 Å².